The Bertz CT molecular complexity index is 731. The highest BCUT2D eigenvalue weighted by molar-refractivity contribution is 5.83. The van der Waals surface area contributed by atoms with Crippen LogP contribution >= 0.6 is 0 Å². The molecule has 0 unspecified atom stereocenters. The third-order valence-electron chi connectivity index (χ3n) is 3.37. The second-order valence-corrected chi connectivity index (χ2v) is 4.80. The summed E-state index contributed by atoms with van der Waals surface area (Å²) in [4.78, 5) is 3.38. The Kier molecular flexibility index (Phi) is 3.33. The molecule has 0 fully saturated rings. The smallest absolute Gasteiger partial charge is 0.128 e. The number of benzene rings is 2. The quantitative estimate of drug-likeness (QED) is 0.773. The van der Waals surface area contributed by atoms with E-state index >= 15 is 0 Å². The van der Waals surface area contributed by atoms with Gasteiger partial charge < -0.3 is 14.5 Å². The maximum Gasteiger partial charge on any atom is 0.128 e. The van der Waals surface area contributed by atoms with Crippen LogP contribution in [0.1, 0.15) is 11.3 Å². The number of methoxy groups -OCH3 is 1. The normalized spacial score (nSPS) is 10.7. The minimum absolute atomic E-state index is 0.515. The first-order valence-electron chi connectivity index (χ1n) is 6.60. The van der Waals surface area contributed by atoms with Crippen molar-refractivity contribution >= 4 is 10.9 Å². The van der Waals surface area contributed by atoms with Gasteiger partial charge in [0.1, 0.15) is 18.1 Å². The number of ether oxygens (including phenoxy) is 2. The summed E-state index contributed by atoms with van der Waals surface area (Å²) in [7, 11) is 1.65. The highest BCUT2D eigenvalue weighted by atomic mass is 16.5. The lowest BCUT2D eigenvalue weighted by Crippen LogP contribution is -1.95. The highest BCUT2D eigenvalue weighted by Gasteiger charge is 2.04. The molecule has 0 amide bonds. The van der Waals surface area contributed by atoms with E-state index in [1.54, 1.807) is 7.11 Å². The number of rotatable bonds is 4. The van der Waals surface area contributed by atoms with Gasteiger partial charge >= 0.3 is 0 Å². The van der Waals surface area contributed by atoms with Crippen LogP contribution in [0.5, 0.6) is 11.5 Å². The van der Waals surface area contributed by atoms with E-state index in [1.165, 1.54) is 10.9 Å². The van der Waals surface area contributed by atoms with Gasteiger partial charge in [-0.2, -0.15) is 0 Å². The Hall–Kier alpha value is -2.42. The monoisotopic (exact) mass is 267 g/mol. The van der Waals surface area contributed by atoms with Gasteiger partial charge in [0.05, 0.1) is 12.8 Å². The van der Waals surface area contributed by atoms with Crippen LogP contribution in [0.2, 0.25) is 0 Å². The average molecular weight is 267 g/mol. The van der Waals surface area contributed by atoms with Crippen molar-refractivity contribution in [2.45, 2.75) is 13.5 Å². The fourth-order valence-corrected chi connectivity index (χ4v) is 2.29. The molecule has 102 valence electrons. The summed E-state index contributed by atoms with van der Waals surface area (Å²) >= 11 is 0. The van der Waals surface area contributed by atoms with E-state index in [2.05, 4.69) is 36.2 Å². The molecule has 1 aromatic heterocycles. The maximum atomic E-state index is 5.79. The number of fused-ring (bicyclic) bond motifs is 1. The molecule has 0 aliphatic heterocycles. The molecular formula is C17H17NO2. The number of aromatic amines is 1. The molecule has 0 spiro atoms. The molecule has 3 nitrogen and oxygen atoms in total. The van der Waals surface area contributed by atoms with E-state index < -0.39 is 0 Å². The average Bonchev–Trinajstić information content (AvgIpc) is 2.90. The maximum absolute atomic E-state index is 5.79. The Labute approximate surface area is 118 Å². The van der Waals surface area contributed by atoms with Gasteiger partial charge in [0.25, 0.3) is 0 Å². The van der Waals surface area contributed by atoms with Gasteiger partial charge in [0.15, 0.2) is 0 Å². The zero-order valence-corrected chi connectivity index (χ0v) is 11.6. The van der Waals surface area contributed by atoms with E-state index in [-0.39, 0.29) is 0 Å². The first-order valence-corrected chi connectivity index (χ1v) is 6.60. The Morgan fingerprint density at radius 1 is 1.00 bits per heavy atom. The third kappa shape index (κ3) is 2.48. The molecular weight excluding hydrogens is 250 g/mol. The molecule has 3 heteroatoms. The van der Waals surface area contributed by atoms with Crippen molar-refractivity contribution in [1.82, 2.24) is 4.98 Å². The SMILES string of the molecule is COc1cccc(OCc2cc3c(C)cccc3[nH]2)c1. The van der Waals surface area contributed by atoms with Crippen molar-refractivity contribution in [3.05, 3.63) is 59.8 Å². The van der Waals surface area contributed by atoms with Crippen molar-refractivity contribution in [1.29, 1.82) is 0 Å². The lowest BCUT2D eigenvalue weighted by atomic mass is 10.1. The van der Waals surface area contributed by atoms with Gasteiger partial charge in [-0.1, -0.05) is 18.2 Å². The van der Waals surface area contributed by atoms with Crippen LogP contribution in [-0.4, -0.2) is 12.1 Å². The minimum atomic E-state index is 0.515. The van der Waals surface area contributed by atoms with Crippen LogP contribution in [0.4, 0.5) is 0 Å². The summed E-state index contributed by atoms with van der Waals surface area (Å²) < 4.78 is 11.0. The van der Waals surface area contributed by atoms with Gasteiger partial charge in [-0.05, 0) is 36.8 Å². The Morgan fingerprint density at radius 2 is 1.80 bits per heavy atom. The van der Waals surface area contributed by atoms with Crippen LogP contribution in [0.15, 0.2) is 48.5 Å². The number of hydrogen-bond acceptors (Lipinski definition) is 2. The van der Waals surface area contributed by atoms with Crippen molar-refractivity contribution in [3.8, 4) is 11.5 Å². The molecule has 1 N–H and O–H groups in total. The predicted molar refractivity (Wildman–Crippen MR) is 80.4 cm³/mol. The van der Waals surface area contributed by atoms with E-state index in [0.29, 0.717) is 6.61 Å². The summed E-state index contributed by atoms with van der Waals surface area (Å²) in [6.07, 6.45) is 0. The first-order chi connectivity index (χ1) is 9.76. The fourth-order valence-electron chi connectivity index (χ4n) is 2.29. The molecule has 0 aliphatic carbocycles. The standard InChI is InChI=1S/C17H17NO2/c1-12-5-3-8-17-16(12)9-13(18-17)11-20-15-7-4-6-14(10-15)19-2/h3-10,18H,11H2,1-2H3. The zero-order valence-electron chi connectivity index (χ0n) is 11.6. The second kappa shape index (κ2) is 5.29. The molecule has 0 radical (unpaired) electrons. The lowest BCUT2D eigenvalue weighted by molar-refractivity contribution is 0.300. The van der Waals surface area contributed by atoms with Crippen molar-refractivity contribution in [3.63, 3.8) is 0 Å². The molecule has 2 aromatic carbocycles. The van der Waals surface area contributed by atoms with Gasteiger partial charge in [-0.3, -0.25) is 0 Å². The lowest BCUT2D eigenvalue weighted by Gasteiger charge is -2.06. The summed E-state index contributed by atoms with van der Waals surface area (Å²) in [6.45, 7) is 2.63. The molecule has 1 heterocycles. The van der Waals surface area contributed by atoms with Crippen LogP contribution < -0.4 is 9.47 Å². The summed E-state index contributed by atoms with van der Waals surface area (Å²) in [5, 5.41) is 1.25. The van der Waals surface area contributed by atoms with Crippen LogP contribution in [0.25, 0.3) is 10.9 Å². The first kappa shape index (κ1) is 12.6. The molecule has 0 saturated carbocycles. The predicted octanol–water partition coefficient (Wildman–Crippen LogP) is 4.06. The van der Waals surface area contributed by atoms with E-state index in [0.717, 1.165) is 22.7 Å². The molecule has 3 aromatic rings. The number of aromatic nitrogens is 1. The number of H-pyrrole nitrogens is 1. The number of nitrogens with one attached hydrogen (secondary N) is 1. The topological polar surface area (TPSA) is 34.2 Å². The largest absolute Gasteiger partial charge is 0.497 e. The Balaban J connectivity index is 1.78. The van der Waals surface area contributed by atoms with Gasteiger partial charge in [-0.15, -0.1) is 0 Å². The summed E-state index contributed by atoms with van der Waals surface area (Å²) in [6, 6.07) is 16.0. The molecule has 0 saturated heterocycles. The molecule has 0 bridgehead atoms. The van der Waals surface area contributed by atoms with E-state index in [4.69, 9.17) is 9.47 Å². The van der Waals surface area contributed by atoms with Gasteiger partial charge in [-0.25, -0.2) is 0 Å². The summed E-state index contributed by atoms with van der Waals surface area (Å²) in [5.74, 6) is 1.61. The highest BCUT2D eigenvalue weighted by Crippen LogP contribution is 2.22. The van der Waals surface area contributed by atoms with E-state index in [1.807, 2.05) is 24.3 Å². The van der Waals surface area contributed by atoms with Crippen LogP contribution in [0.3, 0.4) is 0 Å². The Morgan fingerprint density at radius 3 is 2.60 bits per heavy atom. The molecule has 0 aliphatic rings. The fraction of sp³-hybridized carbons (Fsp3) is 0.176. The second-order valence-electron chi connectivity index (χ2n) is 4.80. The van der Waals surface area contributed by atoms with Crippen molar-refractivity contribution in [2.75, 3.05) is 7.11 Å². The molecule has 0 atom stereocenters. The van der Waals surface area contributed by atoms with Crippen LogP contribution in [0, 0.1) is 6.92 Å². The number of hydrogen-bond donors (Lipinski definition) is 1. The third-order valence-corrected chi connectivity index (χ3v) is 3.37. The number of aryl methyl sites for hydroxylation is 1. The van der Waals surface area contributed by atoms with E-state index in [9.17, 15) is 0 Å². The summed E-state index contributed by atoms with van der Waals surface area (Å²) in [5.41, 5.74) is 3.48. The van der Waals surface area contributed by atoms with Crippen LogP contribution in [-0.2, 0) is 6.61 Å². The molecule has 20 heavy (non-hydrogen) atoms. The van der Waals surface area contributed by atoms with Crippen molar-refractivity contribution in [2.24, 2.45) is 0 Å². The zero-order chi connectivity index (χ0) is 13.9. The van der Waals surface area contributed by atoms with Crippen molar-refractivity contribution < 1.29 is 9.47 Å². The minimum Gasteiger partial charge on any atom is -0.497 e. The van der Waals surface area contributed by atoms with Gasteiger partial charge in [0.2, 0.25) is 0 Å². The molecule has 3 rings (SSSR count). The van der Waals surface area contributed by atoms with Gasteiger partial charge in [0, 0.05) is 17.0 Å².